The zero-order valence-corrected chi connectivity index (χ0v) is 13.2. The molecule has 2 N–H and O–H groups in total. The van der Waals surface area contributed by atoms with Gasteiger partial charge >= 0.3 is 0 Å². The fraction of sp³-hybridized carbons (Fsp3) is 0.0500. The van der Waals surface area contributed by atoms with Crippen LogP contribution in [0.4, 0.5) is 15.8 Å². The number of nitrogens with one attached hydrogen (secondary N) is 1. The van der Waals surface area contributed by atoms with Gasteiger partial charge in [-0.1, -0.05) is 30.3 Å². The topological polar surface area (TPSA) is 52.6 Å². The number of hydrogen-bond acceptors (Lipinski definition) is 3. The molecule has 0 radical (unpaired) electrons. The van der Waals surface area contributed by atoms with Gasteiger partial charge in [0.25, 0.3) is 5.91 Å². The molecule has 1 amide bonds. The molecule has 124 valence electrons. The Labute approximate surface area is 144 Å². The van der Waals surface area contributed by atoms with E-state index in [9.17, 15) is 14.3 Å². The summed E-state index contributed by atoms with van der Waals surface area (Å²) in [6, 6.07) is 19.8. The molecule has 0 saturated heterocycles. The van der Waals surface area contributed by atoms with Crippen molar-refractivity contribution in [3.63, 3.8) is 0 Å². The Hall–Kier alpha value is -3.34. The van der Waals surface area contributed by atoms with Crippen molar-refractivity contribution in [1.82, 2.24) is 0 Å². The fourth-order valence-electron chi connectivity index (χ4n) is 3.05. The standard InChI is InChI=1S/C20H15FN2O2/c21-17-7-3-1-5-15(17)19-22-18-8-4-2-6-16(18)20(25)23(19)13-9-11-14(24)12-10-13/h1-12,19,22,24H. The number of amides is 1. The summed E-state index contributed by atoms with van der Waals surface area (Å²) in [7, 11) is 0. The smallest absolute Gasteiger partial charge is 0.262 e. The van der Waals surface area contributed by atoms with E-state index in [0.717, 1.165) is 0 Å². The van der Waals surface area contributed by atoms with E-state index < -0.39 is 12.0 Å². The lowest BCUT2D eigenvalue weighted by molar-refractivity contribution is 0.0974. The van der Waals surface area contributed by atoms with E-state index in [1.807, 2.05) is 6.07 Å². The Morgan fingerprint density at radius 3 is 2.36 bits per heavy atom. The van der Waals surface area contributed by atoms with Crippen LogP contribution >= 0.6 is 0 Å². The van der Waals surface area contributed by atoms with Gasteiger partial charge in [0.1, 0.15) is 17.7 Å². The molecule has 1 heterocycles. The number of fused-ring (bicyclic) bond motifs is 1. The van der Waals surface area contributed by atoms with Crippen LogP contribution in [0.2, 0.25) is 0 Å². The molecule has 0 saturated carbocycles. The van der Waals surface area contributed by atoms with E-state index in [4.69, 9.17) is 0 Å². The van der Waals surface area contributed by atoms with Gasteiger partial charge in [-0.3, -0.25) is 9.69 Å². The van der Waals surface area contributed by atoms with Crippen LogP contribution in [0.25, 0.3) is 0 Å². The summed E-state index contributed by atoms with van der Waals surface area (Å²) in [4.78, 5) is 14.6. The van der Waals surface area contributed by atoms with Crippen molar-refractivity contribution in [2.45, 2.75) is 6.17 Å². The molecule has 0 fully saturated rings. The first-order chi connectivity index (χ1) is 12.1. The molecule has 1 unspecified atom stereocenters. The SMILES string of the molecule is O=C1c2ccccc2NC(c2ccccc2F)N1c1ccc(O)cc1. The molecular formula is C20H15FN2O2. The van der Waals surface area contributed by atoms with E-state index in [2.05, 4.69) is 5.32 Å². The maximum absolute atomic E-state index is 14.4. The first kappa shape index (κ1) is 15.2. The first-order valence-electron chi connectivity index (χ1n) is 7.88. The zero-order chi connectivity index (χ0) is 17.4. The van der Waals surface area contributed by atoms with Crippen LogP contribution in [-0.2, 0) is 0 Å². The maximum atomic E-state index is 14.4. The average molecular weight is 334 g/mol. The molecule has 1 aliphatic rings. The molecular weight excluding hydrogens is 319 g/mol. The molecule has 1 aliphatic heterocycles. The first-order valence-corrected chi connectivity index (χ1v) is 7.88. The molecule has 0 aromatic heterocycles. The second-order valence-corrected chi connectivity index (χ2v) is 5.81. The molecule has 0 bridgehead atoms. The Bertz CT molecular complexity index is 940. The Morgan fingerprint density at radius 1 is 0.920 bits per heavy atom. The summed E-state index contributed by atoms with van der Waals surface area (Å²) in [5, 5.41) is 12.8. The third-order valence-electron chi connectivity index (χ3n) is 4.25. The molecule has 5 heteroatoms. The van der Waals surface area contributed by atoms with Crippen LogP contribution in [0.5, 0.6) is 5.75 Å². The number of benzene rings is 3. The lowest BCUT2D eigenvalue weighted by Gasteiger charge is -2.38. The van der Waals surface area contributed by atoms with Gasteiger partial charge in [-0.2, -0.15) is 0 Å². The number of carbonyl (C=O) groups excluding carboxylic acids is 1. The van der Waals surface area contributed by atoms with E-state index in [1.54, 1.807) is 48.5 Å². The number of para-hydroxylation sites is 1. The molecule has 4 nitrogen and oxygen atoms in total. The van der Waals surface area contributed by atoms with Crippen LogP contribution < -0.4 is 10.2 Å². The van der Waals surface area contributed by atoms with Crippen molar-refractivity contribution < 1.29 is 14.3 Å². The van der Waals surface area contributed by atoms with E-state index >= 15 is 0 Å². The summed E-state index contributed by atoms with van der Waals surface area (Å²) in [6.45, 7) is 0. The second kappa shape index (κ2) is 5.94. The Morgan fingerprint density at radius 2 is 1.60 bits per heavy atom. The minimum Gasteiger partial charge on any atom is -0.508 e. The number of aromatic hydroxyl groups is 1. The van der Waals surface area contributed by atoms with Gasteiger partial charge in [0, 0.05) is 16.9 Å². The summed E-state index contributed by atoms with van der Waals surface area (Å²) >= 11 is 0. The van der Waals surface area contributed by atoms with Gasteiger partial charge in [-0.15, -0.1) is 0 Å². The number of phenols is 1. The van der Waals surface area contributed by atoms with Gasteiger partial charge in [0.15, 0.2) is 0 Å². The number of anilines is 2. The third kappa shape index (κ3) is 2.59. The van der Waals surface area contributed by atoms with Gasteiger partial charge in [0.05, 0.1) is 5.56 Å². The van der Waals surface area contributed by atoms with Gasteiger partial charge in [-0.25, -0.2) is 4.39 Å². The van der Waals surface area contributed by atoms with E-state index in [-0.39, 0.29) is 11.7 Å². The molecule has 3 aromatic rings. The monoisotopic (exact) mass is 334 g/mol. The lowest BCUT2D eigenvalue weighted by atomic mass is 10.0. The lowest BCUT2D eigenvalue weighted by Crippen LogP contribution is -2.43. The Kier molecular flexibility index (Phi) is 3.61. The number of carbonyl (C=O) groups is 1. The molecule has 0 spiro atoms. The van der Waals surface area contributed by atoms with Gasteiger partial charge in [-0.05, 0) is 42.5 Å². The molecule has 1 atom stereocenters. The van der Waals surface area contributed by atoms with Crippen molar-refractivity contribution in [1.29, 1.82) is 0 Å². The average Bonchev–Trinajstić information content (AvgIpc) is 2.63. The quantitative estimate of drug-likeness (QED) is 0.734. The van der Waals surface area contributed by atoms with Crippen molar-refractivity contribution in [3.05, 3.63) is 89.7 Å². The zero-order valence-electron chi connectivity index (χ0n) is 13.2. The molecule has 0 aliphatic carbocycles. The van der Waals surface area contributed by atoms with Crippen molar-refractivity contribution in [3.8, 4) is 5.75 Å². The molecule has 3 aromatic carbocycles. The van der Waals surface area contributed by atoms with Crippen LogP contribution in [0.3, 0.4) is 0 Å². The summed E-state index contributed by atoms with van der Waals surface area (Å²) in [6.07, 6.45) is -0.687. The van der Waals surface area contributed by atoms with Crippen LogP contribution in [-0.4, -0.2) is 11.0 Å². The summed E-state index contributed by atoms with van der Waals surface area (Å²) in [5.74, 6) is -0.520. The summed E-state index contributed by atoms with van der Waals surface area (Å²) in [5.41, 5.74) is 2.12. The number of hydrogen-bond donors (Lipinski definition) is 2. The van der Waals surface area contributed by atoms with Crippen molar-refractivity contribution in [2.75, 3.05) is 10.2 Å². The second-order valence-electron chi connectivity index (χ2n) is 5.81. The maximum Gasteiger partial charge on any atom is 0.262 e. The number of rotatable bonds is 2. The number of halogens is 1. The predicted octanol–water partition coefficient (Wildman–Crippen LogP) is 4.30. The number of phenolic OH excluding ortho intramolecular Hbond substituents is 1. The van der Waals surface area contributed by atoms with E-state index in [0.29, 0.717) is 22.5 Å². The van der Waals surface area contributed by atoms with Crippen LogP contribution in [0.15, 0.2) is 72.8 Å². The minimum atomic E-state index is -0.687. The van der Waals surface area contributed by atoms with Crippen molar-refractivity contribution >= 4 is 17.3 Å². The molecule has 25 heavy (non-hydrogen) atoms. The normalized spacial score (nSPS) is 16.3. The van der Waals surface area contributed by atoms with Gasteiger partial charge < -0.3 is 10.4 Å². The summed E-state index contributed by atoms with van der Waals surface area (Å²) < 4.78 is 14.4. The van der Waals surface area contributed by atoms with Gasteiger partial charge in [0.2, 0.25) is 0 Å². The highest BCUT2D eigenvalue weighted by atomic mass is 19.1. The highest BCUT2D eigenvalue weighted by molar-refractivity contribution is 6.12. The largest absolute Gasteiger partial charge is 0.508 e. The Balaban J connectivity index is 1.89. The fourth-order valence-corrected chi connectivity index (χ4v) is 3.05. The third-order valence-corrected chi connectivity index (χ3v) is 4.25. The van der Waals surface area contributed by atoms with Crippen molar-refractivity contribution in [2.24, 2.45) is 0 Å². The van der Waals surface area contributed by atoms with Crippen LogP contribution in [0.1, 0.15) is 22.1 Å². The minimum absolute atomic E-state index is 0.101. The highest BCUT2D eigenvalue weighted by Gasteiger charge is 2.35. The number of nitrogens with zero attached hydrogens (tertiary/aromatic N) is 1. The molecule has 4 rings (SSSR count). The predicted molar refractivity (Wildman–Crippen MR) is 94.1 cm³/mol. The highest BCUT2D eigenvalue weighted by Crippen LogP contribution is 2.37. The van der Waals surface area contributed by atoms with Crippen LogP contribution in [0, 0.1) is 5.82 Å². The van der Waals surface area contributed by atoms with E-state index in [1.165, 1.54) is 23.1 Å².